The van der Waals surface area contributed by atoms with Crippen LogP contribution in [0.1, 0.15) is 0 Å². The van der Waals surface area contributed by atoms with Crippen molar-refractivity contribution in [1.82, 2.24) is 0 Å². The van der Waals surface area contributed by atoms with Gasteiger partial charge in [0.15, 0.2) is 0 Å². The Morgan fingerprint density at radius 2 is 0.808 bits per heavy atom. The predicted molar refractivity (Wildman–Crippen MR) is 79.7 cm³/mol. The molecular formula is C5H13KO16S4. The average Bonchev–Trinajstić information content (AvgIpc) is 2.33. The van der Waals surface area contributed by atoms with Gasteiger partial charge in [0.2, 0.25) is 0 Å². The molecule has 0 aliphatic rings. The molecule has 0 bridgehead atoms. The van der Waals surface area contributed by atoms with E-state index in [2.05, 4.69) is 12.5 Å². The van der Waals surface area contributed by atoms with E-state index in [4.69, 9.17) is 31.2 Å². The summed E-state index contributed by atoms with van der Waals surface area (Å²) in [4.78, 5) is 0. The van der Waals surface area contributed by atoms with E-state index in [1.54, 1.807) is 0 Å². The van der Waals surface area contributed by atoms with Gasteiger partial charge in [0, 0.05) is 0 Å². The SMILES string of the molecule is O=S(=O)(O)O.O=S(=O)(O)OCC([CH2][K])(COS(=O)(=O)O)COS(=O)(=O)O. The first kappa shape index (κ1) is 29.3. The molecule has 0 saturated heterocycles. The average molecular weight is 497 g/mol. The molecule has 0 saturated carbocycles. The second-order valence-electron chi connectivity index (χ2n) is 4.37. The Morgan fingerprint density at radius 1 is 0.615 bits per heavy atom. The van der Waals surface area contributed by atoms with Gasteiger partial charge in [-0.25, -0.2) is 0 Å². The molecule has 0 aliphatic carbocycles. The van der Waals surface area contributed by atoms with Crippen LogP contribution in [0.2, 0.25) is 0.515 Å². The van der Waals surface area contributed by atoms with E-state index in [-0.39, 0.29) is 49.5 Å². The maximum absolute atomic E-state index is 10.5. The third kappa shape index (κ3) is 23.2. The molecule has 0 aromatic carbocycles. The molecule has 0 radical (unpaired) electrons. The van der Waals surface area contributed by atoms with Crippen LogP contribution in [0.25, 0.3) is 0 Å². The van der Waals surface area contributed by atoms with Crippen molar-refractivity contribution < 1.29 is 69.0 Å². The third-order valence-corrected chi connectivity index (χ3v) is 5.88. The topological polar surface area (TPSA) is 265 Å². The van der Waals surface area contributed by atoms with Crippen LogP contribution in [0.4, 0.5) is 0 Å². The fourth-order valence-electron chi connectivity index (χ4n) is 1.03. The number of hydrogen-bond donors (Lipinski definition) is 5. The van der Waals surface area contributed by atoms with Crippen molar-refractivity contribution in [3.63, 3.8) is 0 Å². The van der Waals surface area contributed by atoms with Gasteiger partial charge in [0.05, 0.1) is 0 Å². The van der Waals surface area contributed by atoms with Crippen molar-refractivity contribution in [2.75, 3.05) is 19.8 Å². The Labute approximate surface area is 183 Å². The van der Waals surface area contributed by atoms with Crippen molar-refractivity contribution in [2.24, 2.45) is 5.41 Å². The van der Waals surface area contributed by atoms with Crippen LogP contribution in [-0.2, 0) is 54.1 Å². The Balaban J connectivity index is 0. The van der Waals surface area contributed by atoms with Crippen molar-refractivity contribution in [2.45, 2.75) is 0.515 Å². The zero-order valence-corrected chi connectivity index (χ0v) is 19.1. The van der Waals surface area contributed by atoms with Gasteiger partial charge in [0.1, 0.15) is 0 Å². The van der Waals surface area contributed by atoms with Crippen LogP contribution in [0.3, 0.4) is 0 Å². The molecule has 16 nitrogen and oxygen atoms in total. The minimum atomic E-state index is -4.89. The Kier molecular flexibility index (Phi) is 12.8. The van der Waals surface area contributed by atoms with E-state index < -0.39 is 66.8 Å². The molecule has 0 spiro atoms. The zero-order valence-electron chi connectivity index (χ0n) is 12.7. The third-order valence-electron chi connectivity index (χ3n) is 2.29. The Bertz CT molecular complexity index is 740. The van der Waals surface area contributed by atoms with E-state index in [1.165, 1.54) is 0 Å². The van der Waals surface area contributed by atoms with Crippen LogP contribution in [0.15, 0.2) is 0 Å². The molecule has 0 aromatic rings. The van der Waals surface area contributed by atoms with E-state index in [0.29, 0.717) is 0 Å². The van der Waals surface area contributed by atoms with E-state index >= 15 is 0 Å². The summed E-state index contributed by atoms with van der Waals surface area (Å²) in [6.07, 6.45) is 0. The number of rotatable bonds is 10. The summed E-state index contributed by atoms with van der Waals surface area (Å²) < 4.78 is 132. The maximum atomic E-state index is 10.5. The molecule has 0 amide bonds. The Hall–Kier alpha value is 1.12. The van der Waals surface area contributed by atoms with Gasteiger partial charge in [-0.2, -0.15) is 8.42 Å². The van der Waals surface area contributed by atoms with Crippen LogP contribution in [-0.4, -0.2) is 125 Å². The molecule has 0 heterocycles. The minimum absolute atomic E-state index is 0.0283. The van der Waals surface area contributed by atoms with Gasteiger partial charge in [-0.05, 0) is 0 Å². The molecule has 26 heavy (non-hydrogen) atoms. The number of hydrogen-bond acceptors (Lipinski definition) is 11. The van der Waals surface area contributed by atoms with Crippen molar-refractivity contribution in [1.29, 1.82) is 0 Å². The van der Waals surface area contributed by atoms with Gasteiger partial charge in [-0.15, -0.1) is 0 Å². The van der Waals surface area contributed by atoms with Gasteiger partial charge in [-0.3, -0.25) is 9.11 Å². The van der Waals surface area contributed by atoms with E-state index in [0.717, 1.165) is 0 Å². The van der Waals surface area contributed by atoms with Gasteiger partial charge < -0.3 is 0 Å². The fourth-order valence-corrected chi connectivity index (χ4v) is 3.18. The van der Waals surface area contributed by atoms with E-state index in [1.807, 2.05) is 0 Å². The van der Waals surface area contributed by atoms with E-state index in [9.17, 15) is 25.3 Å². The van der Waals surface area contributed by atoms with Crippen molar-refractivity contribution >= 4 is 90.5 Å². The van der Waals surface area contributed by atoms with Crippen molar-refractivity contribution in [3.8, 4) is 0 Å². The fraction of sp³-hybridized carbons (Fsp3) is 1.00. The van der Waals surface area contributed by atoms with Gasteiger partial charge >= 0.3 is 168 Å². The van der Waals surface area contributed by atoms with Crippen molar-refractivity contribution in [3.05, 3.63) is 0 Å². The summed E-state index contributed by atoms with van der Waals surface area (Å²) >= 11 is -0.0965. The second kappa shape index (κ2) is 11.3. The van der Waals surface area contributed by atoms with Crippen LogP contribution in [0.5, 0.6) is 0 Å². The summed E-state index contributed by atoms with van der Waals surface area (Å²) in [6.45, 7) is -2.67. The molecule has 21 heteroatoms. The van der Waals surface area contributed by atoms with Crippen LogP contribution in [0, 0.1) is 5.41 Å². The first-order valence-corrected chi connectivity index (χ1v) is 13.4. The molecule has 0 fully saturated rings. The molecular weight excluding hydrogens is 483 g/mol. The first-order chi connectivity index (χ1) is 11.2. The molecule has 0 aliphatic heterocycles. The zero-order chi connectivity index (χ0) is 21.4. The molecule has 0 unspecified atom stereocenters. The summed E-state index contributed by atoms with van der Waals surface area (Å²) in [5, 5.41) is 0. The van der Waals surface area contributed by atoms with Crippen LogP contribution < -0.4 is 0 Å². The first-order valence-electron chi connectivity index (χ1n) is 5.73. The van der Waals surface area contributed by atoms with Gasteiger partial charge in [0.25, 0.3) is 0 Å². The summed E-state index contributed by atoms with van der Waals surface area (Å²) in [7, 11) is -19.3. The molecule has 0 aromatic heterocycles. The summed E-state index contributed by atoms with van der Waals surface area (Å²) in [5.41, 5.74) is -1.64. The van der Waals surface area contributed by atoms with Gasteiger partial charge in [-0.1, -0.05) is 0 Å². The summed E-state index contributed by atoms with van der Waals surface area (Å²) in [6, 6.07) is 0. The molecule has 154 valence electrons. The quantitative estimate of drug-likeness (QED) is 0.153. The molecule has 5 N–H and O–H groups in total. The normalized spacial score (nSPS) is 13.8. The van der Waals surface area contributed by atoms with Crippen LogP contribution >= 0.6 is 0 Å². The Morgan fingerprint density at radius 3 is 0.923 bits per heavy atom. The predicted octanol–water partition coefficient (Wildman–Crippen LogP) is -2.63. The molecule has 0 rings (SSSR count). The summed E-state index contributed by atoms with van der Waals surface area (Å²) in [5.74, 6) is 0. The molecule has 0 atom stereocenters. The standard InChI is InChI=1S/C5H11O12S3.K.H2O4S/c1-5(2-15-18(6,7)8,3-16-19(9,10)11)4-17-20(12,13)14;;1-5(2,3)4/h1-4H2,(H,6,7,8)(H,9,10,11)(H,12,13,14);;(H2,1,2,3,4). The second-order valence-corrected chi connectivity index (χ2v) is 9.64. The monoisotopic (exact) mass is 496 g/mol.